The first-order chi connectivity index (χ1) is 13.5. The molecule has 0 aromatic rings. The molecule has 0 spiro atoms. The number of likely N-dealkylation sites (tertiary alicyclic amines) is 1. The molecule has 5 unspecified atom stereocenters. The van der Waals surface area contributed by atoms with Crippen LogP contribution in [0.3, 0.4) is 0 Å². The van der Waals surface area contributed by atoms with Gasteiger partial charge in [-0.25, -0.2) is 4.79 Å². The quantitative estimate of drug-likeness (QED) is 0.182. The molecule has 5 atom stereocenters. The first kappa shape index (κ1) is 24.3. The Bertz CT molecular complexity index is 655. The zero-order chi connectivity index (χ0) is 22.3. The molecule has 1 heterocycles. The van der Waals surface area contributed by atoms with Gasteiger partial charge in [0.15, 0.2) is 0 Å². The highest BCUT2D eigenvalue weighted by Gasteiger charge is 2.38. The summed E-state index contributed by atoms with van der Waals surface area (Å²) < 4.78 is 0. The molecule has 0 aliphatic carbocycles. The van der Waals surface area contributed by atoms with E-state index in [2.05, 4.69) is 10.6 Å². The van der Waals surface area contributed by atoms with E-state index < -0.39 is 72.9 Å². The van der Waals surface area contributed by atoms with Gasteiger partial charge in [0.1, 0.15) is 18.1 Å². The number of carboxylic acid groups (broad SMARTS) is 1. The first-order valence-electron chi connectivity index (χ1n) is 8.96. The van der Waals surface area contributed by atoms with Crippen LogP contribution in [-0.2, 0) is 24.0 Å². The lowest BCUT2D eigenvalue weighted by molar-refractivity contribution is -0.150. The molecule has 1 aliphatic rings. The molecule has 1 fully saturated rings. The van der Waals surface area contributed by atoms with Crippen LogP contribution in [0.2, 0.25) is 0 Å². The van der Waals surface area contributed by atoms with Crippen LogP contribution in [0.5, 0.6) is 0 Å². The molecule has 1 aliphatic heterocycles. The third-order valence-corrected chi connectivity index (χ3v) is 4.44. The van der Waals surface area contributed by atoms with Crippen LogP contribution in [0.15, 0.2) is 0 Å². The second-order valence-corrected chi connectivity index (χ2v) is 6.78. The number of aliphatic hydroxyl groups is 2. The standard InChI is InChI=1S/C16H27N5O8/c1-7(23)12(20-13(25)8(17)5-11(18)24)14(26)19-9(6-22)15(27)21-4-2-3-10(21)16(28)29/h7-10,12,22-23H,2-6,17H2,1H3,(H2,18,24)(H,19,26)(H,20,25)(H,28,29). The van der Waals surface area contributed by atoms with Crippen LogP contribution in [0.4, 0.5) is 0 Å². The molecule has 0 radical (unpaired) electrons. The number of nitrogens with zero attached hydrogens (tertiary/aromatic N) is 1. The van der Waals surface area contributed by atoms with Gasteiger partial charge in [-0.1, -0.05) is 0 Å². The van der Waals surface area contributed by atoms with E-state index in [1.807, 2.05) is 0 Å². The third kappa shape index (κ3) is 6.66. The number of nitrogens with one attached hydrogen (secondary N) is 2. The zero-order valence-corrected chi connectivity index (χ0v) is 15.9. The fourth-order valence-corrected chi connectivity index (χ4v) is 2.91. The van der Waals surface area contributed by atoms with Gasteiger partial charge in [-0.05, 0) is 19.8 Å². The Hall–Kier alpha value is -2.77. The van der Waals surface area contributed by atoms with Crippen LogP contribution in [0.25, 0.3) is 0 Å². The normalized spacial score (nSPS) is 20.3. The molecule has 1 saturated heterocycles. The van der Waals surface area contributed by atoms with Crippen molar-refractivity contribution in [1.82, 2.24) is 15.5 Å². The van der Waals surface area contributed by atoms with Crippen molar-refractivity contribution in [3.05, 3.63) is 0 Å². The van der Waals surface area contributed by atoms with E-state index in [4.69, 9.17) is 11.5 Å². The van der Waals surface area contributed by atoms with Crippen LogP contribution < -0.4 is 22.1 Å². The van der Waals surface area contributed by atoms with Crippen molar-refractivity contribution >= 4 is 29.6 Å². The fraction of sp³-hybridized carbons (Fsp3) is 0.688. The van der Waals surface area contributed by atoms with Gasteiger partial charge in [0.05, 0.1) is 25.2 Å². The average Bonchev–Trinajstić information content (AvgIpc) is 3.12. The number of rotatable bonds is 10. The molecular formula is C16H27N5O8. The Balaban J connectivity index is 2.83. The van der Waals surface area contributed by atoms with Gasteiger partial charge in [-0.3, -0.25) is 19.2 Å². The van der Waals surface area contributed by atoms with Crippen molar-refractivity contribution < 1.29 is 39.3 Å². The number of aliphatic carboxylic acids is 1. The second-order valence-electron chi connectivity index (χ2n) is 6.78. The van der Waals surface area contributed by atoms with Gasteiger partial charge >= 0.3 is 5.97 Å². The molecule has 0 saturated carbocycles. The maximum absolute atomic E-state index is 12.5. The van der Waals surface area contributed by atoms with Gasteiger partial charge in [-0.15, -0.1) is 0 Å². The van der Waals surface area contributed by atoms with E-state index in [-0.39, 0.29) is 13.0 Å². The minimum Gasteiger partial charge on any atom is -0.480 e. The molecule has 13 nitrogen and oxygen atoms in total. The third-order valence-electron chi connectivity index (χ3n) is 4.44. The Kier molecular flexibility index (Phi) is 8.94. The minimum atomic E-state index is -1.54. The van der Waals surface area contributed by atoms with Crippen LogP contribution in [0, 0.1) is 0 Å². The van der Waals surface area contributed by atoms with Crippen LogP contribution in [0.1, 0.15) is 26.2 Å². The van der Waals surface area contributed by atoms with E-state index in [1.54, 1.807) is 0 Å². The molecule has 4 amide bonds. The van der Waals surface area contributed by atoms with Crippen molar-refractivity contribution in [3.8, 4) is 0 Å². The number of hydrogen-bond acceptors (Lipinski definition) is 8. The number of amides is 4. The van der Waals surface area contributed by atoms with Gasteiger partial charge in [-0.2, -0.15) is 0 Å². The lowest BCUT2D eigenvalue weighted by Crippen LogP contribution is -2.60. The van der Waals surface area contributed by atoms with Gasteiger partial charge in [0.25, 0.3) is 0 Å². The van der Waals surface area contributed by atoms with Gasteiger partial charge < -0.3 is 42.3 Å². The summed E-state index contributed by atoms with van der Waals surface area (Å²) in [6.07, 6.45) is -1.19. The van der Waals surface area contributed by atoms with Crippen LogP contribution in [-0.4, -0.2) is 93.2 Å². The average molecular weight is 417 g/mol. The summed E-state index contributed by atoms with van der Waals surface area (Å²) in [7, 11) is 0. The highest BCUT2D eigenvalue weighted by atomic mass is 16.4. The SMILES string of the molecule is CC(O)C(NC(=O)C(N)CC(N)=O)C(=O)NC(CO)C(=O)N1CCCC1C(=O)O. The maximum atomic E-state index is 12.5. The minimum absolute atomic E-state index is 0.153. The number of nitrogens with two attached hydrogens (primary N) is 2. The Morgan fingerprint density at radius 3 is 2.28 bits per heavy atom. The monoisotopic (exact) mass is 417 g/mol. The molecule has 0 aromatic heterocycles. The molecular weight excluding hydrogens is 390 g/mol. The van der Waals surface area contributed by atoms with Crippen molar-refractivity contribution in [2.24, 2.45) is 11.5 Å². The van der Waals surface area contributed by atoms with Crippen molar-refractivity contribution in [2.75, 3.05) is 13.2 Å². The second kappa shape index (κ2) is 10.7. The highest BCUT2D eigenvalue weighted by molar-refractivity contribution is 5.95. The topological polar surface area (TPSA) is 225 Å². The number of hydrogen-bond donors (Lipinski definition) is 7. The maximum Gasteiger partial charge on any atom is 0.326 e. The Morgan fingerprint density at radius 2 is 1.79 bits per heavy atom. The fourth-order valence-electron chi connectivity index (χ4n) is 2.91. The summed E-state index contributed by atoms with van der Waals surface area (Å²) in [6, 6.07) is -5.43. The van der Waals surface area contributed by atoms with E-state index >= 15 is 0 Å². The number of aliphatic hydroxyl groups excluding tert-OH is 2. The lowest BCUT2D eigenvalue weighted by Gasteiger charge is -2.28. The molecule has 0 aromatic carbocycles. The summed E-state index contributed by atoms with van der Waals surface area (Å²) in [6.45, 7) is 0.524. The smallest absolute Gasteiger partial charge is 0.326 e. The number of carbonyl (C=O) groups is 5. The van der Waals surface area contributed by atoms with E-state index in [9.17, 15) is 39.3 Å². The van der Waals surface area contributed by atoms with E-state index in [0.29, 0.717) is 6.42 Å². The summed E-state index contributed by atoms with van der Waals surface area (Å²) >= 11 is 0. The molecule has 164 valence electrons. The van der Waals surface area contributed by atoms with E-state index in [1.165, 1.54) is 6.92 Å². The number of carbonyl (C=O) groups excluding carboxylic acids is 4. The van der Waals surface area contributed by atoms with Crippen molar-refractivity contribution in [2.45, 2.75) is 56.5 Å². The van der Waals surface area contributed by atoms with Gasteiger partial charge in [0, 0.05) is 6.54 Å². The van der Waals surface area contributed by atoms with Gasteiger partial charge in [0.2, 0.25) is 23.6 Å². The molecule has 0 bridgehead atoms. The summed E-state index contributed by atoms with van der Waals surface area (Å²) in [5.74, 6) is -4.76. The molecule has 9 N–H and O–H groups in total. The summed E-state index contributed by atoms with van der Waals surface area (Å²) in [5, 5.41) is 32.8. The largest absolute Gasteiger partial charge is 0.480 e. The highest BCUT2D eigenvalue weighted by Crippen LogP contribution is 2.18. The summed E-state index contributed by atoms with van der Waals surface area (Å²) in [4.78, 5) is 60.1. The van der Waals surface area contributed by atoms with Crippen molar-refractivity contribution in [1.29, 1.82) is 0 Å². The lowest BCUT2D eigenvalue weighted by atomic mass is 10.1. The first-order valence-corrected chi connectivity index (χ1v) is 8.96. The molecule has 29 heavy (non-hydrogen) atoms. The molecule has 1 rings (SSSR count). The predicted molar refractivity (Wildman–Crippen MR) is 96.8 cm³/mol. The van der Waals surface area contributed by atoms with Crippen LogP contribution >= 0.6 is 0 Å². The summed E-state index contributed by atoms with van der Waals surface area (Å²) in [5.41, 5.74) is 10.4. The number of carboxylic acids is 1. The Morgan fingerprint density at radius 1 is 1.17 bits per heavy atom. The predicted octanol–water partition coefficient (Wildman–Crippen LogP) is -4.39. The Labute approximate surface area is 166 Å². The van der Waals surface area contributed by atoms with Crippen molar-refractivity contribution in [3.63, 3.8) is 0 Å². The number of primary amides is 1. The van der Waals surface area contributed by atoms with E-state index in [0.717, 1.165) is 4.90 Å². The zero-order valence-electron chi connectivity index (χ0n) is 15.9. The molecule has 13 heteroatoms.